The number of hydrogen-bond acceptors (Lipinski definition) is 3. The Hall–Kier alpha value is -0.450. The third-order valence-corrected chi connectivity index (χ3v) is 2.80. The largest absolute Gasteiger partial charge is 0.353 e. The molecule has 0 amide bonds. The van der Waals surface area contributed by atoms with Crippen molar-refractivity contribution in [2.75, 3.05) is 6.61 Å². The van der Waals surface area contributed by atoms with Gasteiger partial charge in [-0.1, -0.05) is 0 Å². The first kappa shape index (κ1) is 11.0. The van der Waals surface area contributed by atoms with Crippen molar-refractivity contribution in [3.63, 3.8) is 0 Å². The number of hydrogen-bond donors (Lipinski definition) is 0. The first-order valence-electron chi connectivity index (χ1n) is 5.18. The Morgan fingerprint density at radius 1 is 1.53 bits per heavy atom. The van der Waals surface area contributed by atoms with E-state index in [-0.39, 0.29) is 6.29 Å². The van der Waals surface area contributed by atoms with Gasteiger partial charge in [-0.05, 0) is 52.9 Å². The molecule has 1 aliphatic heterocycles. The third-order valence-electron chi connectivity index (χ3n) is 2.36. The number of halogens is 1. The highest BCUT2D eigenvalue weighted by molar-refractivity contribution is 9.10. The van der Waals surface area contributed by atoms with E-state index in [0.29, 0.717) is 6.61 Å². The van der Waals surface area contributed by atoms with E-state index in [4.69, 9.17) is 9.47 Å². The Morgan fingerprint density at radius 3 is 3.20 bits per heavy atom. The molecule has 1 atom stereocenters. The quantitative estimate of drug-likeness (QED) is 0.793. The van der Waals surface area contributed by atoms with Crippen molar-refractivity contribution in [1.82, 2.24) is 4.98 Å². The summed E-state index contributed by atoms with van der Waals surface area (Å²) in [7, 11) is 0. The van der Waals surface area contributed by atoms with Crippen LogP contribution in [-0.4, -0.2) is 17.9 Å². The van der Waals surface area contributed by atoms with Crippen LogP contribution in [0.5, 0.6) is 0 Å². The van der Waals surface area contributed by atoms with Gasteiger partial charge in [0.05, 0.1) is 6.61 Å². The highest BCUT2D eigenvalue weighted by Gasteiger charge is 2.13. The second kappa shape index (κ2) is 5.58. The minimum absolute atomic E-state index is 0.0225. The van der Waals surface area contributed by atoms with E-state index in [1.165, 1.54) is 6.42 Å². The second-order valence-corrected chi connectivity index (χ2v) is 4.41. The summed E-state index contributed by atoms with van der Waals surface area (Å²) in [6.45, 7) is 1.41. The van der Waals surface area contributed by atoms with Crippen molar-refractivity contribution in [2.24, 2.45) is 0 Å². The van der Waals surface area contributed by atoms with E-state index < -0.39 is 0 Å². The summed E-state index contributed by atoms with van der Waals surface area (Å²) in [6.07, 6.45) is 5.10. The average molecular weight is 272 g/mol. The topological polar surface area (TPSA) is 31.4 Å². The van der Waals surface area contributed by atoms with Crippen LogP contribution >= 0.6 is 15.9 Å². The van der Waals surface area contributed by atoms with Crippen LogP contribution in [0.15, 0.2) is 22.9 Å². The smallest absolute Gasteiger partial charge is 0.158 e. The first-order chi connectivity index (χ1) is 7.34. The predicted octanol–water partition coefficient (Wildman–Crippen LogP) is 2.89. The minimum atomic E-state index is -0.0225. The van der Waals surface area contributed by atoms with Gasteiger partial charge in [0.2, 0.25) is 0 Å². The molecule has 1 saturated heterocycles. The summed E-state index contributed by atoms with van der Waals surface area (Å²) in [6, 6.07) is 3.91. The lowest BCUT2D eigenvalue weighted by Crippen LogP contribution is -2.21. The number of nitrogens with zero attached hydrogens (tertiary/aromatic N) is 1. The van der Waals surface area contributed by atoms with E-state index in [1.54, 1.807) is 6.20 Å². The monoisotopic (exact) mass is 271 g/mol. The maximum Gasteiger partial charge on any atom is 0.158 e. The second-order valence-electron chi connectivity index (χ2n) is 3.59. The zero-order valence-electron chi connectivity index (χ0n) is 8.49. The summed E-state index contributed by atoms with van der Waals surface area (Å²) < 4.78 is 12.0. The van der Waals surface area contributed by atoms with Crippen LogP contribution in [0, 0.1) is 0 Å². The molecule has 1 unspecified atom stereocenters. The molecule has 0 radical (unpaired) electrons. The van der Waals surface area contributed by atoms with Gasteiger partial charge in [-0.15, -0.1) is 0 Å². The van der Waals surface area contributed by atoms with Crippen molar-refractivity contribution < 1.29 is 9.47 Å². The molecule has 0 aromatic carbocycles. The normalized spacial score (nSPS) is 21.5. The van der Waals surface area contributed by atoms with Gasteiger partial charge in [0.25, 0.3) is 0 Å². The molecule has 1 fully saturated rings. The van der Waals surface area contributed by atoms with Gasteiger partial charge in [0.15, 0.2) is 6.29 Å². The van der Waals surface area contributed by atoms with Gasteiger partial charge < -0.3 is 9.47 Å². The number of pyridine rings is 1. The minimum Gasteiger partial charge on any atom is -0.353 e. The predicted molar refractivity (Wildman–Crippen MR) is 60.3 cm³/mol. The Bertz CT molecular complexity index is 313. The van der Waals surface area contributed by atoms with Crippen molar-refractivity contribution >= 4 is 15.9 Å². The van der Waals surface area contributed by atoms with Crippen LogP contribution in [0.2, 0.25) is 0 Å². The van der Waals surface area contributed by atoms with E-state index >= 15 is 0 Å². The summed E-state index contributed by atoms with van der Waals surface area (Å²) in [5.74, 6) is 0. The Labute approximate surface area is 97.9 Å². The standard InChI is InChI=1S/C11H14BrNO2/c12-10-7-9(4-5-13-10)8-15-11-3-1-2-6-14-11/h4-5,7,11H,1-3,6,8H2. The van der Waals surface area contributed by atoms with Gasteiger partial charge in [0, 0.05) is 12.8 Å². The van der Waals surface area contributed by atoms with Crippen molar-refractivity contribution in [1.29, 1.82) is 0 Å². The molecular formula is C11H14BrNO2. The fraction of sp³-hybridized carbons (Fsp3) is 0.545. The van der Waals surface area contributed by atoms with Crippen LogP contribution in [0.4, 0.5) is 0 Å². The molecule has 3 nitrogen and oxygen atoms in total. The Balaban J connectivity index is 1.81. The number of aromatic nitrogens is 1. The van der Waals surface area contributed by atoms with Gasteiger partial charge in [-0.25, -0.2) is 4.98 Å². The van der Waals surface area contributed by atoms with Crippen LogP contribution in [0.1, 0.15) is 24.8 Å². The SMILES string of the molecule is Brc1cc(COC2CCCCO2)ccn1. The van der Waals surface area contributed by atoms with Crippen LogP contribution < -0.4 is 0 Å². The van der Waals surface area contributed by atoms with Crippen LogP contribution in [0.25, 0.3) is 0 Å². The lowest BCUT2D eigenvalue weighted by Gasteiger charge is -2.22. The molecule has 1 aromatic heterocycles. The highest BCUT2D eigenvalue weighted by atomic mass is 79.9. The van der Waals surface area contributed by atoms with Crippen molar-refractivity contribution in [3.05, 3.63) is 28.5 Å². The third kappa shape index (κ3) is 3.55. The summed E-state index contributed by atoms with van der Waals surface area (Å²) in [5, 5.41) is 0. The molecule has 0 bridgehead atoms. The Morgan fingerprint density at radius 2 is 2.47 bits per heavy atom. The van der Waals surface area contributed by atoms with Crippen molar-refractivity contribution in [3.8, 4) is 0 Å². The Kier molecular flexibility index (Phi) is 4.11. The lowest BCUT2D eigenvalue weighted by molar-refractivity contribution is -0.168. The molecule has 4 heteroatoms. The number of rotatable bonds is 3. The van der Waals surface area contributed by atoms with Crippen LogP contribution in [0.3, 0.4) is 0 Å². The molecule has 1 aliphatic rings. The lowest BCUT2D eigenvalue weighted by atomic mass is 10.2. The van der Waals surface area contributed by atoms with Gasteiger partial charge >= 0.3 is 0 Å². The molecule has 15 heavy (non-hydrogen) atoms. The average Bonchev–Trinajstić information content (AvgIpc) is 2.28. The number of ether oxygens (including phenoxy) is 2. The molecular weight excluding hydrogens is 258 g/mol. The molecule has 2 heterocycles. The maximum absolute atomic E-state index is 5.65. The van der Waals surface area contributed by atoms with Gasteiger partial charge in [-0.3, -0.25) is 0 Å². The molecule has 0 N–H and O–H groups in total. The van der Waals surface area contributed by atoms with E-state index in [2.05, 4.69) is 20.9 Å². The van der Waals surface area contributed by atoms with Gasteiger partial charge in [-0.2, -0.15) is 0 Å². The maximum atomic E-state index is 5.65. The summed E-state index contributed by atoms with van der Waals surface area (Å²) in [4.78, 5) is 4.06. The van der Waals surface area contributed by atoms with E-state index in [9.17, 15) is 0 Å². The van der Waals surface area contributed by atoms with Crippen molar-refractivity contribution in [2.45, 2.75) is 32.2 Å². The fourth-order valence-electron chi connectivity index (χ4n) is 1.56. The molecule has 0 spiro atoms. The van der Waals surface area contributed by atoms with Gasteiger partial charge in [0.1, 0.15) is 4.60 Å². The summed E-state index contributed by atoms with van der Waals surface area (Å²) >= 11 is 3.33. The molecule has 2 rings (SSSR count). The summed E-state index contributed by atoms with van der Waals surface area (Å²) in [5.41, 5.74) is 1.12. The zero-order valence-corrected chi connectivity index (χ0v) is 10.1. The van der Waals surface area contributed by atoms with Crippen LogP contribution in [-0.2, 0) is 16.1 Å². The molecule has 1 aromatic rings. The zero-order chi connectivity index (χ0) is 10.5. The van der Waals surface area contributed by atoms with E-state index in [1.807, 2.05) is 12.1 Å². The molecule has 82 valence electrons. The molecule has 0 saturated carbocycles. The molecule has 0 aliphatic carbocycles. The fourth-order valence-corrected chi connectivity index (χ4v) is 1.98. The first-order valence-corrected chi connectivity index (χ1v) is 5.97. The highest BCUT2D eigenvalue weighted by Crippen LogP contribution is 2.16. The van der Waals surface area contributed by atoms with E-state index in [0.717, 1.165) is 29.6 Å².